The molecular formula is C17H16Cl2N2O3S. The van der Waals surface area contributed by atoms with Crippen LogP contribution in [0, 0.1) is 0 Å². The van der Waals surface area contributed by atoms with Gasteiger partial charge in [0.25, 0.3) is 10.0 Å². The van der Waals surface area contributed by atoms with Gasteiger partial charge in [-0.1, -0.05) is 35.3 Å². The van der Waals surface area contributed by atoms with E-state index in [0.717, 1.165) is 18.4 Å². The summed E-state index contributed by atoms with van der Waals surface area (Å²) in [5.74, 6) is -0.0216. The molecule has 1 saturated carbocycles. The van der Waals surface area contributed by atoms with Crippen LogP contribution in [0.3, 0.4) is 0 Å². The molecule has 1 aliphatic carbocycles. The van der Waals surface area contributed by atoms with Crippen molar-refractivity contribution in [1.82, 2.24) is 5.32 Å². The molecule has 3 rings (SSSR count). The number of rotatable bonds is 6. The lowest BCUT2D eigenvalue weighted by atomic mass is 10.1. The lowest BCUT2D eigenvalue weighted by Gasteiger charge is -2.10. The van der Waals surface area contributed by atoms with Crippen LogP contribution in [-0.2, 0) is 21.2 Å². The highest BCUT2D eigenvalue weighted by molar-refractivity contribution is 7.92. The molecular weight excluding hydrogens is 383 g/mol. The van der Waals surface area contributed by atoms with Crippen molar-refractivity contribution in [3.8, 4) is 0 Å². The highest BCUT2D eigenvalue weighted by Crippen LogP contribution is 2.26. The number of hydrogen-bond acceptors (Lipinski definition) is 3. The molecule has 1 aliphatic rings. The topological polar surface area (TPSA) is 75.3 Å². The highest BCUT2D eigenvalue weighted by Gasteiger charge is 2.23. The van der Waals surface area contributed by atoms with Crippen LogP contribution in [0.15, 0.2) is 47.4 Å². The molecule has 0 atom stereocenters. The molecule has 5 nitrogen and oxygen atoms in total. The third-order valence-corrected chi connectivity index (χ3v) is 5.83. The third-order valence-electron chi connectivity index (χ3n) is 3.71. The van der Waals surface area contributed by atoms with E-state index in [0.29, 0.717) is 11.7 Å². The molecule has 2 aromatic carbocycles. The van der Waals surface area contributed by atoms with Crippen molar-refractivity contribution in [1.29, 1.82) is 0 Å². The molecule has 0 saturated heterocycles. The van der Waals surface area contributed by atoms with Gasteiger partial charge in [0.2, 0.25) is 5.91 Å². The summed E-state index contributed by atoms with van der Waals surface area (Å²) in [6.07, 6.45) is 2.36. The molecule has 132 valence electrons. The van der Waals surface area contributed by atoms with Crippen molar-refractivity contribution in [3.05, 3.63) is 58.1 Å². The number of halogens is 2. The zero-order valence-corrected chi connectivity index (χ0v) is 15.5. The summed E-state index contributed by atoms with van der Waals surface area (Å²) in [6, 6.07) is 11.1. The minimum absolute atomic E-state index is 0.0216. The van der Waals surface area contributed by atoms with E-state index in [2.05, 4.69) is 10.0 Å². The molecule has 2 N–H and O–H groups in total. The zero-order valence-electron chi connectivity index (χ0n) is 13.1. The lowest BCUT2D eigenvalue weighted by molar-refractivity contribution is -0.120. The molecule has 0 aliphatic heterocycles. The van der Waals surface area contributed by atoms with Crippen LogP contribution in [-0.4, -0.2) is 20.4 Å². The minimum Gasteiger partial charge on any atom is -0.353 e. The number of benzene rings is 2. The fourth-order valence-corrected chi connectivity index (χ4v) is 3.69. The molecule has 0 heterocycles. The largest absolute Gasteiger partial charge is 0.353 e. The fraction of sp³-hybridized carbons (Fsp3) is 0.235. The number of hydrogen-bond donors (Lipinski definition) is 2. The maximum atomic E-state index is 12.4. The van der Waals surface area contributed by atoms with E-state index in [9.17, 15) is 13.2 Å². The maximum absolute atomic E-state index is 12.4. The molecule has 8 heteroatoms. The average Bonchev–Trinajstić information content (AvgIpc) is 3.35. The van der Waals surface area contributed by atoms with Crippen LogP contribution in [0.5, 0.6) is 0 Å². The molecule has 1 fully saturated rings. The number of anilines is 1. The normalized spacial score (nSPS) is 14.2. The summed E-state index contributed by atoms with van der Waals surface area (Å²) >= 11 is 11.7. The summed E-state index contributed by atoms with van der Waals surface area (Å²) in [7, 11) is -3.77. The molecule has 0 unspecified atom stereocenters. The van der Waals surface area contributed by atoms with E-state index >= 15 is 0 Å². The van der Waals surface area contributed by atoms with Gasteiger partial charge in [-0.2, -0.15) is 0 Å². The Kier molecular flexibility index (Phi) is 5.22. The predicted octanol–water partition coefficient (Wildman–Crippen LogP) is 3.62. The Bertz CT molecular complexity index is 895. The summed E-state index contributed by atoms with van der Waals surface area (Å²) < 4.78 is 27.2. The van der Waals surface area contributed by atoms with Gasteiger partial charge < -0.3 is 5.32 Å². The smallest absolute Gasteiger partial charge is 0.261 e. The number of carbonyl (C=O) groups excluding carboxylic acids is 1. The van der Waals surface area contributed by atoms with Crippen LogP contribution >= 0.6 is 23.2 Å². The molecule has 1 amide bonds. The number of nitrogens with one attached hydrogen (secondary N) is 2. The fourth-order valence-electron chi connectivity index (χ4n) is 2.24. The summed E-state index contributed by atoms with van der Waals surface area (Å²) in [6.45, 7) is 0. The standard InChI is InChI=1S/C17H16Cl2N2O3S/c18-15-8-7-14(10-16(15)19)25(23,24)21-13-3-1-11(2-4-13)9-17(22)20-12-5-6-12/h1-4,7-8,10,12,21H,5-6,9H2,(H,20,22). The average molecular weight is 399 g/mol. The van der Waals surface area contributed by atoms with Gasteiger partial charge in [0, 0.05) is 11.7 Å². The first-order valence-electron chi connectivity index (χ1n) is 7.70. The molecule has 0 spiro atoms. The monoisotopic (exact) mass is 398 g/mol. The second-order valence-electron chi connectivity index (χ2n) is 5.90. The van der Waals surface area contributed by atoms with Gasteiger partial charge in [0.1, 0.15) is 0 Å². The Morgan fingerprint density at radius 1 is 1.04 bits per heavy atom. The predicted molar refractivity (Wildman–Crippen MR) is 98.6 cm³/mol. The second-order valence-corrected chi connectivity index (χ2v) is 8.39. The van der Waals surface area contributed by atoms with Gasteiger partial charge in [-0.15, -0.1) is 0 Å². The van der Waals surface area contributed by atoms with E-state index in [-0.39, 0.29) is 27.3 Å². The first-order valence-corrected chi connectivity index (χ1v) is 9.93. The van der Waals surface area contributed by atoms with E-state index in [1.807, 2.05) is 0 Å². The minimum atomic E-state index is -3.77. The molecule has 0 aromatic heterocycles. The SMILES string of the molecule is O=C(Cc1ccc(NS(=O)(=O)c2ccc(Cl)c(Cl)c2)cc1)NC1CC1. The van der Waals surface area contributed by atoms with Gasteiger partial charge in [-0.05, 0) is 48.7 Å². The lowest BCUT2D eigenvalue weighted by Crippen LogP contribution is -2.26. The van der Waals surface area contributed by atoms with Crippen LogP contribution < -0.4 is 10.0 Å². The molecule has 25 heavy (non-hydrogen) atoms. The van der Waals surface area contributed by atoms with Crippen molar-refractivity contribution < 1.29 is 13.2 Å². The third kappa shape index (κ3) is 4.87. The Labute approximate surface area is 156 Å². The second kappa shape index (κ2) is 7.23. The number of carbonyl (C=O) groups is 1. The quantitative estimate of drug-likeness (QED) is 0.779. The van der Waals surface area contributed by atoms with E-state index < -0.39 is 10.0 Å². The molecule has 0 radical (unpaired) electrons. The van der Waals surface area contributed by atoms with Crippen LogP contribution in [0.1, 0.15) is 18.4 Å². The Balaban J connectivity index is 1.67. The molecule has 0 bridgehead atoms. The van der Waals surface area contributed by atoms with Crippen LogP contribution in [0.25, 0.3) is 0 Å². The summed E-state index contributed by atoms with van der Waals surface area (Å²) in [5.41, 5.74) is 1.22. The Morgan fingerprint density at radius 2 is 1.72 bits per heavy atom. The van der Waals surface area contributed by atoms with E-state index in [4.69, 9.17) is 23.2 Å². The Hall–Kier alpha value is -1.76. The van der Waals surface area contributed by atoms with Crippen LogP contribution in [0.4, 0.5) is 5.69 Å². The number of amides is 1. The molecule has 2 aromatic rings. The van der Waals surface area contributed by atoms with Crippen molar-refractivity contribution in [2.75, 3.05) is 4.72 Å². The highest BCUT2D eigenvalue weighted by atomic mass is 35.5. The Morgan fingerprint density at radius 3 is 2.32 bits per heavy atom. The number of sulfonamides is 1. The van der Waals surface area contributed by atoms with Crippen molar-refractivity contribution >= 4 is 44.8 Å². The van der Waals surface area contributed by atoms with Gasteiger partial charge in [-0.3, -0.25) is 9.52 Å². The summed E-state index contributed by atoms with van der Waals surface area (Å²) in [4.78, 5) is 11.8. The van der Waals surface area contributed by atoms with Gasteiger partial charge in [0.15, 0.2) is 0 Å². The van der Waals surface area contributed by atoms with Gasteiger partial charge >= 0.3 is 0 Å². The van der Waals surface area contributed by atoms with Gasteiger partial charge in [0.05, 0.1) is 21.4 Å². The van der Waals surface area contributed by atoms with Crippen molar-refractivity contribution in [2.45, 2.75) is 30.2 Å². The van der Waals surface area contributed by atoms with Crippen molar-refractivity contribution in [3.63, 3.8) is 0 Å². The summed E-state index contributed by atoms with van der Waals surface area (Å²) in [5, 5.41) is 3.37. The first kappa shape index (κ1) is 18.0. The zero-order chi connectivity index (χ0) is 18.0. The van der Waals surface area contributed by atoms with E-state index in [1.54, 1.807) is 24.3 Å². The van der Waals surface area contributed by atoms with E-state index in [1.165, 1.54) is 18.2 Å². The maximum Gasteiger partial charge on any atom is 0.261 e. The van der Waals surface area contributed by atoms with Gasteiger partial charge in [-0.25, -0.2) is 8.42 Å². The van der Waals surface area contributed by atoms with Crippen molar-refractivity contribution in [2.24, 2.45) is 0 Å². The first-order chi connectivity index (χ1) is 11.8. The van der Waals surface area contributed by atoms with Crippen LogP contribution in [0.2, 0.25) is 10.0 Å².